The molecule has 2 N–H and O–H groups in total. The molecule has 1 saturated heterocycles. The van der Waals surface area contributed by atoms with Crippen LogP contribution < -0.4 is 15.5 Å². The minimum atomic E-state index is -1.31. The molecule has 2 aromatic rings. The molecule has 0 saturated carbocycles. The number of carbonyl (C=O) groups excluding carboxylic acids is 4. The fourth-order valence-electron chi connectivity index (χ4n) is 3.34. The third-order valence-corrected chi connectivity index (χ3v) is 4.95. The van der Waals surface area contributed by atoms with Crippen molar-refractivity contribution >= 4 is 29.5 Å². The molecule has 1 fully saturated rings. The summed E-state index contributed by atoms with van der Waals surface area (Å²) in [6.07, 6.45) is -1.31. The van der Waals surface area contributed by atoms with E-state index in [1.54, 1.807) is 37.3 Å². The molecule has 0 spiro atoms. The molecule has 0 unspecified atom stereocenters. The van der Waals surface area contributed by atoms with Crippen LogP contribution in [0.5, 0.6) is 0 Å². The Morgan fingerprint density at radius 2 is 1.77 bits per heavy atom. The van der Waals surface area contributed by atoms with Gasteiger partial charge in [-0.15, -0.1) is 0 Å². The predicted octanol–water partition coefficient (Wildman–Crippen LogP) is 2.48. The zero-order chi connectivity index (χ0) is 22.4. The number of urea groups is 1. The van der Waals surface area contributed by atoms with Gasteiger partial charge in [-0.25, -0.2) is 4.79 Å². The molecule has 4 amide bonds. The molecule has 0 bridgehead atoms. The number of carbonyl (C=O) groups is 4. The van der Waals surface area contributed by atoms with Crippen molar-refractivity contribution in [2.45, 2.75) is 26.4 Å². The quantitative estimate of drug-likeness (QED) is 0.695. The first-order valence-corrected chi connectivity index (χ1v) is 10.1. The minimum Gasteiger partial charge on any atom is -0.447 e. The highest BCUT2D eigenvalue weighted by Gasteiger charge is 2.38. The van der Waals surface area contributed by atoms with Crippen LogP contribution in [0.3, 0.4) is 0 Å². The Morgan fingerprint density at radius 3 is 2.42 bits per heavy atom. The van der Waals surface area contributed by atoms with Crippen LogP contribution in [-0.2, 0) is 19.1 Å². The first-order chi connectivity index (χ1) is 14.9. The highest BCUT2D eigenvalue weighted by atomic mass is 16.5. The third kappa shape index (κ3) is 5.48. The van der Waals surface area contributed by atoms with E-state index in [9.17, 15) is 19.2 Å². The molecule has 8 nitrogen and oxygen atoms in total. The lowest BCUT2D eigenvalue weighted by Crippen LogP contribution is -2.43. The summed E-state index contributed by atoms with van der Waals surface area (Å²) >= 11 is 0. The Hall–Kier alpha value is -3.68. The van der Waals surface area contributed by atoms with Gasteiger partial charge in [-0.1, -0.05) is 48.0 Å². The van der Waals surface area contributed by atoms with Crippen molar-refractivity contribution in [3.05, 3.63) is 65.7 Å². The van der Waals surface area contributed by atoms with E-state index in [2.05, 4.69) is 10.6 Å². The number of nitrogens with zero attached hydrogens (tertiary/aromatic N) is 1. The van der Waals surface area contributed by atoms with Gasteiger partial charge in [-0.05, 0) is 26.0 Å². The topological polar surface area (TPSA) is 105 Å². The van der Waals surface area contributed by atoms with E-state index in [-0.39, 0.29) is 18.9 Å². The third-order valence-electron chi connectivity index (χ3n) is 4.95. The van der Waals surface area contributed by atoms with Gasteiger partial charge < -0.3 is 15.0 Å². The van der Waals surface area contributed by atoms with Crippen LogP contribution in [0.15, 0.2) is 54.6 Å². The zero-order valence-corrected chi connectivity index (χ0v) is 17.5. The number of anilines is 1. The van der Waals surface area contributed by atoms with Crippen molar-refractivity contribution in [1.29, 1.82) is 0 Å². The number of nitrogens with one attached hydrogen (secondary N) is 2. The number of amides is 4. The minimum absolute atomic E-state index is 0.00778. The first-order valence-electron chi connectivity index (χ1n) is 10.1. The molecule has 2 atom stereocenters. The molecule has 0 radical (unpaired) electrons. The first kappa shape index (κ1) is 22.0. The summed E-state index contributed by atoms with van der Waals surface area (Å²) in [5, 5.41) is 4.64. The molecule has 0 aliphatic carbocycles. The molecule has 162 valence electrons. The summed E-state index contributed by atoms with van der Waals surface area (Å²) < 4.78 is 5.50. The average Bonchev–Trinajstić information content (AvgIpc) is 3.15. The standard InChI is InChI=1S/C23H25N3O5/c1-3-24-23(30)25-21(28)20(16-7-5-4-6-8-16)31-22(29)17-13-19(27)26(14-17)18-11-9-15(2)10-12-18/h4-12,17,20H,3,13-14H2,1-2H3,(H2,24,25,28,30)/t17-,20-/m0/s1. The molecule has 1 aliphatic rings. The average molecular weight is 423 g/mol. The van der Waals surface area contributed by atoms with Crippen LogP contribution >= 0.6 is 0 Å². The summed E-state index contributed by atoms with van der Waals surface area (Å²) in [5.41, 5.74) is 2.20. The van der Waals surface area contributed by atoms with Gasteiger partial charge in [0.05, 0.1) is 5.92 Å². The van der Waals surface area contributed by atoms with Crippen molar-refractivity contribution in [3.8, 4) is 0 Å². The fraction of sp³-hybridized carbons (Fsp3) is 0.304. The Bertz CT molecular complexity index is 959. The lowest BCUT2D eigenvalue weighted by molar-refractivity contribution is -0.159. The number of ether oxygens (including phenoxy) is 1. The lowest BCUT2D eigenvalue weighted by atomic mass is 10.1. The van der Waals surface area contributed by atoms with Crippen LogP contribution in [0.1, 0.15) is 30.6 Å². The number of aryl methyl sites for hydroxylation is 1. The molecular weight excluding hydrogens is 398 g/mol. The molecule has 1 aliphatic heterocycles. The van der Waals surface area contributed by atoms with Gasteiger partial charge in [0.1, 0.15) is 0 Å². The van der Waals surface area contributed by atoms with Gasteiger partial charge in [-0.2, -0.15) is 0 Å². The normalized spacial score (nSPS) is 16.5. The van der Waals surface area contributed by atoms with Gasteiger partial charge in [0.15, 0.2) is 0 Å². The van der Waals surface area contributed by atoms with E-state index in [0.717, 1.165) is 5.56 Å². The van der Waals surface area contributed by atoms with E-state index in [4.69, 9.17) is 4.74 Å². The van der Waals surface area contributed by atoms with Crippen LogP contribution in [0.4, 0.5) is 10.5 Å². The van der Waals surface area contributed by atoms with Crippen molar-refractivity contribution < 1.29 is 23.9 Å². The summed E-state index contributed by atoms with van der Waals surface area (Å²) in [5.74, 6) is -2.32. The number of rotatable bonds is 6. The lowest BCUT2D eigenvalue weighted by Gasteiger charge is -2.20. The van der Waals surface area contributed by atoms with Crippen LogP contribution in [-0.4, -0.2) is 36.9 Å². The van der Waals surface area contributed by atoms with E-state index in [1.165, 1.54) is 4.90 Å². The number of benzene rings is 2. The zero-order valence-electron chi connectivity index (χ0n) is 17.5. The van der Waals surface area contributed by atoms with Crippen LogP contribution in [0, 0.1) is 12.8 Å². The number of imide groups is 1. The summed E-state index contributed by atoms with van der Waals surface area (Å²) in [7, 11) is 0. The van der Waals surface area contributed by atoms with E-state index in [1.807, 2.05) is 31.2 Å². The fourth-order valence-corrected chi connectivity index (χ4v) is 3.34. The maximum atomic E-state index is 12.8. The smallest absolute Gasteiger partial charge is 0.321 e. The number of esters is 1. The van der Waals surface area contributed by atoms with Gasteiger partial charge in [0.25, 0.3) is 5.91 Å². The maximum absolute atomic E-state index is 12.8. The van der Waals surface area contributed by atoms with Crippen molar-refractivity contribution in [1.82, 2.24) is 10.6 Å². The molecular formula is C23H25N3O5. The summed E-state index contributed by atoms with van der Waals surface area (Å²) in [4.78, 5) is 51.2. The van der Waals surface area contributed by atoms with E-state index >= 15 is 0 Å². The van der Waals surface area contributed by atoms with E-state index < -0.39 is 29.9 Å². The molecule has 8 heteroatoms. The monoisotopic (exact) mass is 423 g/mol. The second-order valence-corrected chi connectivity index (χ2v) is 7.32. The number of hydrogen-bond donors (Lipinski definition) is 2. The largest absolute Gasteiger partial charge is 0.447 e. The Balaban J connectivity index is 1.73. The second-order valence-electron chi connectivity index (χ2n) is 7.32. The van der Waals surface area contributed by atoms with Crippen molar-refractivity contribution in [2.24, 2.45) is 5.92 Å². The van der Waals surface area contributed by atoms with Crippen LogP contribution in [0.2, 0.25) is 0 Å². The van der Waals surface area contributed by atoms with Crippen LogP contribution in [0.25, 0.3) is 0 Å². The molecule has 3 rings (SSSR count). The van der Waals surface area contributed by atoms with Gasteiger partial charge in [0, 0.05) is 30.8 Å². The second kappa shape index (κ2) is 9.88. The highest BCUT2D eigenvalue weighted by Crippen LogP contribution is 2.28. The Labute approximate surface area is 180 Å². The predicted molar refractivity (Wildman–Crippen MR) is 114 cm³/mol. The molecule has 0 aromatic heterocycles. The van der Waals surface area contributed by atoms with Gasteiger partial charge in [-0.3, -0.25) is 19.7 Å². The van der Waals surface area contributed by atoms with Gasteiger partial charge >= 0.3 is 12.0 Å². The highest BCUT2D eigenvalue weighted by molar-refractivity contribution is 6.01. The molecule has 1 heterocycles. The molecule has 2 aromatic carbocycles. The Kier molecular flexibility index (Phi) is 7.02. The summed E-state index contributed by atoms with van der Waals surface area (Å²) in [6.45, 7) is 4.18. The van der Waals surface area contributed by atoms with Crippen molar-refractivity contribution in [2.75, 3.05) is 18.0 Å². The number of hydrogen-bond acceptors (Lipinski definition) is 5. The maximum Gasteiger partial charge on any atom is 0.321 e. The van der Waals surface area contributed by atoms with E-state index in [0.29, 0.717) is 17.8 Å². The Morgan fingerprint density at radius 1 is 1.10 bits per heavy atom. The van der Waals surface area contributed by atoms with Crippen molar-refractivity contribution in [3.63, 3.8) is 0 Å². The van der Waals surface area contributed by atoms with Gasteiger partial charge in [0.2, 0.25) is 12.0 Å². The SMILES string of the molecule is CCNC(=O)NC(=O)[C@@H](OC(=O)[C@H]1CC(=O)N(c2ccc(C)cc2)C1)c1ccccc1. The molecule has 31 heavy (non-hydrogen) atoms. The summed E-state index contributed by atoms with van der Waals surface area (Å²) in [6, 6.07) is 15.2.